The normalized spacial score (nSPS) is 11.9. The third kappa shape index (κ3) is 4.82. The van der Waals surface area contributed by atoms with Crippen LogP contribution >= 0.6 is 15.9 Å². The molecule has 142 valence electrons. The maximum atomic E-state index is 13.2. The molecule has 0 bridgehead atoms. The summed E-state index contributed by atoms with van der Waals surface area (Å²) in [6, 6.07) is 14.5. The van der Waals surface area contributed by atoms with Crippen molar-refractivity contribution in [2.75, 3.05) is 6.54 Å². The molecule has 5 nitrogen and oxygen atoms in total. The van der Waals surface area contributed by atoms with Crippen molar-refractivity contribution in [2.24, 2.45) is 7.05 Å². The monoisotopic (exact) mass is 451 g/mol. The minimum Gasteiger partial charge on any atom is -0.271 e. The molecule has 0 amide bonds. The molecule has 3 rings (SSSR count). The van der Waals surface area contributed by atoms with Crippen LogP contribution in [0.2, 0.25) is 0 Å². The highest BCUT2D eigenvalue weighted by atomic mass is 79.9. The van der Waals surface area contributed by atoms with Gasteiger partial charge in [0.2, 0.25) is 10.0 Å². The van der Waals surface area contributed by atoms with E-state index >= 15 is 0 Å². The third-order valence-electron chi connectivity index (χ3n) is 4.28. The van der Waals surface area contributed by atoms with Crippen LogP contribution in [-0.4, -0.2) is 29.0 Å². The Hall–Kier alpha value is -2.03. The molecule has 0 fully saturated rings. The van der Waals surface area contributed by atoms with Gasteiger partial charge < -0.3 is 0 Å². The summed E-state index contributed by atoms with van der Waals surface area (Å²) in [6.07, 6.45) is 2.12. The van der Waals surface area contributed by atoms with Gasteiger partial charge in [0.25, 0.3) is 0 Å². The summed E-state index contributed by atoms with van der Waals surface area (Å²) in [5.41, 5.74) is 1.66. The number of halogens is 2. The highest BCUT2D eigenvalue weighted by Crippen LogP contribution is 2.21. The van der Waals surface area contributed by atoms with Crippen molar-refractivity contribution in [1.29, 1.82) is 0 Å². The van der Waals surface area contributed by atoms with Gasteiger partial charge in [0.05, 0.1) is 17.1 Å². The molecule has 0 unspecified atom stereocenters. The summed E-state index contributed by atoms with van der Waals surface area (Å²) in [5.74, 6) is -0.312. The van der Waals surface area contributed by atoms with E-state index in [4.69, 9.17) is 0 Å². The van der Waals surface area contributed by atoms with Crippen LogP contribution in [0.25, 0.3) is 0 Å². The molecule has 0 radical (unpaired) electrons. The maximum absolute atomic E-state index is 13.2. The van der Waals surface area contributed by atoms with Crippen LogP contribution in [-0.2, 0) is 30.0 Å². The van der Waals surface area contributed by atoms with Crippen molar-refractivity contribution >= 4 is 26.0 Å². The Balaban J connectivity index is 1.87. The fourth-order valence-electron chi connectivity index (χ4n) is 2.68. The molecular weight excluding hydrogens is 433 g/mol. The summed E-state index contributed by atoms with van der Waals surface area (Å²) >= 11 is 3.32. The summed E-state index contributed by atoms with van der Waals surface area (Å²) in [6.45, 7) is 0.477. The molecule has 1 heterocycles. The zero-order valence-electron chi connectivity index (χ0n) is 14.7. The second-order valence-electron chi connectivity index (χ2n) is 6.12. The third-order valence-corrected chi connectivity index (χ3v) is 6.66. The average Bonchev–Trinajstić information content (AvgIpc) is 3.05. The first-order valence-electron chi connectivity index (χ1n) is 8.33. The Morgan fingerprint density at radius 2 is 1.74 bits per heavy atom. The van der Waals surface area contributed by atoms with Gasteiger partial charge in [0.1, 0.15) is 5.82 Å². The molecule has 0 N–H and O–H groups in total. The molecule has 0 aliphatic heterocycles. The molecule has 3 aromatic rings. The Kier molecular flexibility index (Phi) is 6.08. The summed E-state index contributed by atoms with van der Waals surface area (Å²) in [7, 11) is -1.91. The lowest BCUT2D eigenvalue weighted by molar-refractivity contribution is 0.398. The fourth-order valence-corrected chi connectivity index (χ4v) is 4.36. The van der Waals surface area contributed by atoms with Gasteiger partial charge in [-0.15, -0.1) is 0 Å². The number of aryl methyl sites for hydroxylation is 1. The lowest BCUT2D eigenvalue weighted by Gasteiger charge is -2.22. The van der Waals surface area contributed by atoms with Crippen LogP contribution in [0.4, 0.5) is 4.39 Å². The minimum atomic E-state index is -3.69. The van der Waals surface area contributed by atoms with E-state index in [1.54, 1.807) is 60.4 Å². The van der Waals surface area contributed by atoms with Crippen LogP contribution in [0.5, 0.6) is 0 Å². The summed E-state index contributed by atoms with van der Waals surface area (Å²) < 4.78 is 43.4. The standard InChI is InChI=1S/C19H19BrFN3O2S/c1-23-18(10-12-22-23)14-24(13-11-15-2-6-17(21)7-3-15)27(25,26)19-8-4-16(20)5-9-19/h2-10,12H,11,13-14H2,1H3. The quantitative estimate of drug-likeness (QED) is 0.549. The second-order valence-corrected chi connectivity index (χ2v) is 8.97. The zero-order chi connectivity index (χ0) is 19.4. The van der Waals surface area contributed by atoms with Gasteiger partial charge in [-0.3, -0.25) is 4.68 Å². The van der Waals surface area contributed by atoms with Gasteiger partial charge in [0, 0.05) is 24.3 Å². The predicted molar refractivity (Wildman–Crippen MR) is 105 cm³/mol. The lowest BCUT2D eigenvalue weighted by atomic mass is 10.1. The molecule has 27 heavy (non-hydrogen) atoms. The summed E-state index contributed by atoms with van der Waals surface area (Å²) in [4.78, 5) is 0.229. The molecule has 0 atom stereocenters. The lowest BCUT2D eigenvalue weighted by Crippen LogP contribution is -2.33. The zero-order valence-corrected chi connectivity index (χ0v) is 17.1. The van der Waals surface area contributed by atoms with Crippen LogP contribution in [0, 0.1) is 5.82 Å². The molecule has 0 spiro atoms. The summed E-state index contributed by atoms with van der Waals surface area (Å²) in [5, 5.41) is 4.11. The van der Waals surface area contributed by atoms with Gasteiger partial charge in [-0.25, -0.2) is 12.8 Å². The molecular formula is C19H19BrFN3O2S. The van der Waals surface area contributed by atoms with E-state index in [0.29, 0.717) is 6.42 Å². The van der Waals surface area contributed by atoms with Crippen molar-refractivity contribution in [3.05, 3.63) is 82.3 Å². The number of sulfonamides is 1. The molecule has 1 aromatic heterocycles. The first-order chi connectivity index (χ1) is 12.9. The van der Waals surface area contributed by atoms with E-state index in [2.05, 4.69) is 21.0 Å². The number of aromatic nitrogens is 2. The first kappa shape index (κ1) is 19.7. The van der Waals surface area contributed by atoms with Crippen LogP contribution in [0.1, 0.15) is 11.3 Å². The highest BCUT2D eigenvalue weighted by molar-refractivity contribution is 9.10. The SMILES string of the molecule is Cn1nccc1CN(CCc1ccc(F)cc1)S(=O)(=O)c1ccc(Br)cc1. The van der Waals surface area contributed by atoms with Crippen molar-refractivity contribution in [2.45, 2.75) is 17.9 Å². The van der Waals surface area contributed by atoms with Gasteiger partial charge in [-0.1, -0.05) is 28.1 Å². The largest absolute Gasteiger partial charge is 0.271 e. The minimum absolute atomic E-state index is 0.204. The van der Waals surface area contributed by atoms with E-state index in [0.717, 1.165) is 15.7 Å². The number of hydrogen-bond donors (Lipinski definition) is 0. The Morgan fingerprint density at radius 3 is 2.33 bits per heavy atom. The van der Waals surface area contributed by atoms with Gasteiger partial charge in [-0.05, 0) is 54.4 Å². The van der Waals surface area contributed by atoms with E-state index in [1.807, 2.05) is 0 Å². The number of rotatable bonds is 7. The number of hydrogen-bond acceptors (Lipinski definition) is 3. The van der Waals surface area contributed by atoms with Crippen molar-refractivity contribution in [3.8, 4) is 0 Å². The smallest absolute Gasteiger partial charge is 0.243 e. The van der Waals surface area contributed by atoms with E-state index < -0.39 is 10.0 Å². The van der Waals surface area contributed by atoms with Gasteiger partial charge >= 0.3 is 0 Å². The molecule has 2 aromatic carbocycles. The van der Waals surface area contributed by atoms with E-state index in [9.17, 15) is 12.8 Å². The number of benzene rings is 2. The van der Waals surface area contributed by atoms with Crippen molar-refractivity contribution < 1.29 is 12.8 Å². The molecule has 0 saturated carbocycles. The van der Waals surface area contributed by atoms with E-state index in [-0.39, 0.29) is 23.8 Å². The Morgan fingerprint density at radius 1 is 1.07 bits per heavy atom. The van der Waals surface area contributed by atoms with Crippen molar-refractivity contribution in [3.63, 3.8) is 0 Å². The van der Waals surface area contributed by atoms with Crippen LogP contribution in [0.15, 0.2) is 70.2 Å². The molecule has 0 saturated heterocycles. The second kappa shape index (κ2) is 8.33. The highest BCUT2D eigenvalue weighted by Gasteiger charge is 2.25. The van der Waals surface area contributed by atoms with Crippen LogP contribution < -0.4 is 0 Å². The fraction of sp³-hybridized carbons (Fsp3) is 0.211. The Bertz CT molecular complexity index is 1000. The molecule has 8 heteroatoms. The van der Waals surface area contributed by atoms with Gasteiger partial charge in [-0.2, -0.15) is 9.40 Å². The molecule has 0 aliphatic rings. The average molecular weight is 452 g/mol. The van der Waals surface area contributed by atoms with E-state index in [1.165, 1.54) is 16.4 Å². The number of nitrogens with zero attached hydrogens (tertiary/aromatic N) is 3. The Labute approximate surface area is 166 Å². The first-order valence-corrected chi connectivity index (χ1v) is 10.6. The predicted octanol–water partition coefficient (Wildman–Crippen LogP) is 3.76. The topological polar surface area (TPSA) is 55.2 Å². The van der Waals surface area contributed by atoms with Crippen molar-refractivity contribution in [1.82, 2.24) is 14.1 Å². The van der Waals surface area contributed by atoms with Gasteiger partial charge in [0.15, 0.2) is 0 Å². The van der Waals surface area contributed by atoms with Crippen LogP contribution in [0.3, 0.4) is 0 Å². The molecule has 0 aliphatic carbocycles. The maximum Gasteiger partial charge on any atom is 0.243 e.